The molecule has 1 fully saturated rings. The van der Waals surface area contributed by atoms with Crippen LogP contribution in [0.3, 0.4) is 0 Å². The third-order valence-corrected chi connectivity index (χ3v) is 5.68. The lowest BCUT2D eigenvalue weighted by molar-refractivity contribution is 0.0717. The Kier molecular flexibility index (Phi) is 6.57. The molecular weight excluding hydrogens is 390 g/mol. The Hall–Kier alpha value is -3.25. The highest BCUT2D eigenvalue weighted by Crippen LogP contribution is 2.24. The van der Waals surface area contributed by atoms with Crippen molar-refractivity contribution in [3.8, 4) is 16.9 Å². The zero-order chi connectivity index (χ0) is 21.6. The van der Waals surface area contributed by atoms with Crippen LogP contribution >= 0.6 is 0 Å². The van der Waals surface area contributed by atoms with Gasteiger partial charge in [0.05, 0.1) is 12.1 Å². The Balaban J connectivity index is 1.44. The number of benzene rings is 1. The zero-order valence-corrected chi connectivity index (χ0v) is 17.6. The third-order valence-electron chi connectivity index (χ3n) is 5.68. The summed E-state index contributed by atoms with van der Waals surface area (Å²) in [5.74, 6) is 0.472. The lowest BCUT2D eigenvalue weighted by Crippen LogP contribution is -2.45. The number of aromatic nitrogens is 2. The number of aliphatic hydroxyl groups excluding tert-OH is 1. The van der Waals surface area contributed by atoms with E-state index in [4.69, 9.17) is 4.74 Å². The lowest BCUT2D eigenvalue weighted by Gasteiger charge is -2.28. The number of nitrogens with one attached hydrogen (secondary N) is 1. The topological polar surface area (TPSA) is 84.3 Å². The fourth-order valence-electron chi connectivity index (χ4n) is 3.85. The Morgan fingerprint density at radius 2 is 1.94 bits per heavy atom. The fraction of sp³-hybridized carbons (Fsp3) is 0.320. The van der Waals surface area contributed by atoms with Gasteiger partial charge in [-0.25, -0.2) is 0 Å². The molecule has 2 N–H and O–H groups in total. The fourth-order valence-corrected chi connectivity index (χ4v) is 3.85. The molecule has 4 rings (SSSR count). The van der Waals surface area contributed by atoms with Gasteiger partial charge in [-0.3, -0.25) is 14.8 Å². The van der Waals surface area contributed by atoms with Gasteiger partial charge in [0.25, 0.3) is 5.91 Å². The maximum atomic E-state index is 12.7. The standard InChI is InChI=1S/C25H27N3O3/c1-17-8-9-19(25(30)28-22-6-2-3-7-23(22)29)12-24(17)31-16-18-11-21(15-27-13-18)20-5-4-10-26-14-20/h4-5,8-15,22-23,29H,2-3,6-7,16H2,1H3,(H,28,30)/t22-,23-/m0/s1. The van der Waals surface area contributed by atoms with E-state index in [0.717, 1.165) is 47.9 Å². The second-order valence-corrected chi connectivity index (χ2v) is 8.02. The molecule has 1 aliphatic carbocycles. The molecule has 0 aliphatic heterocycles. The van der Waals surface area contributed by atoms with Crippen molar-refractivity contribution < 1.29 is 14.6 Å². The van der Waals surface area contributed by atoms with Gasteiger partial charge in [-0.1, -0.05) is 25.0 Å². The average molecular weight is 418 g/mol. The van der Waals surface area contributed by atoms with Gasteiger partial charge < -0.3 is 15.2 Å². The Bertz CT molecular complexity index is 1040. The van der Waals surface area contributed by atoms with Crippen LogP contribution in [0.4, 0.5) is 0 Å². The van der Waals surface area contributed by atoms with Crippen LogP contribution in [-0.2, 0) is 6.61 Å². The largest absolute Gasteiger partial charge is 0.489 e. The normalized spacial score (nSPS) is 18.4. The highest BCUT2D eigenvalue weighted by Gasteiger charge is 2.25. The molecule has 6 heteroatoms. The van der Waals surface area contributed by atoms with E-state index in [1.165, 1.54) is 0 Å². The first kappa shape index (κ1) is 21.0. The number of amides is 1. The lowest BCUT2D eigenvalue weighted by atomic mass is 9.92. The zero-order valence-electron chi connectivity index (χ0n) is 17.6. The number of pyridine rings is 2. The van der Waals surface area contributed by atoms with E-state index in [-0.39, 0.29) is 11.9 Å². The van der Waals surface area contributed by atoms with Crippen LogP contribution < -0.4 is 10.1 Å². The summed E-state index contributed by atoms with van der Waals surface area (Å²) < 4.78 is 6.03. The van der Waals surface area contributed by atoms with Crippen molar-refractivity contribution >= 4 is 5.91 Å². The second kappa shape index (κ2) is 9.71. The maximum absolute atomic E-state index is 12.7. The molecule has 2 aromatic heterocycles. The summed E-state index contributed by atoms with van der Waals surface area (Å²) in [5, 5.41) is 13.1. The van der Waals surface area contributed by atoms with E-state index < -0.39 is 6.10 Å². The summed E-state index contributed by atoms with van der Waals surface area (Å²) >= 11 is 0. The van der Waals surface area contributed by atoms with Crippen LogP contribution in [0.15, 0.2) is 61.2 Å². The van der Waals surface area contributed by atoms with Crippen LogP contribution in [0.5, 0.6) is 5.75 Å². The van der Waals surface area contributed by atoms with Crippen LogP contribution in [-0.4, -0.2) is 33.1 Å². The predicted molar refractivity (Wildman–Crippen MR) is 119 cm³/mol. The molecule has 1 aliphatic rings. The van der Waals surface area contributed by atoms with Crippen molar-refractivity contribution in [2.45, 2.75) is 51.4 Å². The summed E-state index contributed by atoms with van der Waals surface area (Å²) in [5.41, 5.74) is 4.38. The maximum Gasteiger partial charge on any atom is 0.251 e. The van der Waals surface area contributed by atoms with Gasteiger partial charge in [-0.15, -0.1) is 0 Å². The molecule has 0 bridgehead atoms. The molecule has 1 saturated carbocycles. The number of aryl methyl sites for hydroxylation is 1. The van der Waals surface area contributed by atoms with E-state index in [0.29, 0.717) is 17.9 Å². The molecule has 0 saturated heterocycles. The number of carbonyl (C=O) groups is 1. The van der Waals surface area contributed by atoms with Gasteiger partial charge in [0.2, 0.25) is 0 Å². The molecule has 0 unspecified atom stereocenters. The first-order valence-electron chi connectivity index (χ1n) is 10.7. The number of aliphatic hydroxyl groups is 1. The van der Waals surface area contributed by atoms with Crippen molar-refractivity contribution in [1.29, 1.82) is 0 Å². The molecule has 2 atom stereocenters. The van der Waals surface area contributed by atoms with Crippen LogP contribution in [0.2, 0.25) is 0 Å². The van der Waals surface area contributed by atoms with E-state index in [1.54, 1.807) is 36.9 Å². The minimum Gasteiger partial charge on any atom is -0.489 e. The van der Waals surface area contributed by atoms with E-state index >= 15 is 0 Å². The Labute approximate surface area is 182 Å². The SMILES string of the molecule is Cc1ccc(C(=O)N[C@H]2CCCC[C@@H]2O)cc1OCc1cncc(-c2cccnc2)c1. The van der Waals surface area contributed by atoms with Gasteiger partial charge in [0.15, 0.2) is 0 Å². The van der Waals surface area contributed by atoms with Gasteiger partial charge in [0.1, 0.15) is 12.4 Å². The number of ether oxygens (including phenoxy) is 1. The first-order valence-corrected chi connectivity index (χ1v) is 10.7. The second-order valence-electron chi connectivity index (χ2n) is 8.02. The number of hydrogen-bond acceptors (Lipinski definition) is 5. The number of carbonyl (C=O) groups excluding carboxylic acids is 1. The third kappa shape index (κ3) is 5.27. The quantitative estimate of drug-likeness (QED) is 0.632. The van der Waals surface area contributed by atoms with E-state index in [9.17, 15) is 9.90 Å². The van der Waals surface area contributed by atoms with Crippen LogP contribution in [0, 0.1) is 6.92 Å². The minimum absolute atomic E-state index is 0.184. The van der Waals surface area contributed by atoms with Crippen molar-refractivity contribution in [3.05, 3.63) is 77.9 Å². The number of nitrogens with zero attached hydrogens (tertiary/aromatic N) is 2. The molecule has 160 valence electrons. The summed E-state index contributed by atoms with van der Waals surface area (Å²) in [4.78, 5) is 21.2. The van der Waals surface area contributed by atoms with Gasteiger partial charge in [-0.2, -0.15) is 0 Å². The number of rotatable bonds is 6. The molecule has 2 heterocycles. The minimum atomic E-state index is -0.474. The molecule has 1 amide bonds. The molecule has 6 nitrogen and oxygen atoms in total. The molecule has 31 heavy (non-hydrogen) atoms. The van der Waals surface area contributed by atoms with Crippen LogP contribution in [0.1, 0.15) is 47.2 Å². The highest BCUT2D eigenvalue weighted by atomic mass is 16.5. The monoisotopic (exact) mass is 417 g/mol. The van der Waals surface area contributed by atoms with Crippen molar-refractivity contribution in [2.75, 3.05) is 0 Å². The summed E-state index contributed by atoms with van der Waals surface area (Å²) in [6.45, 7) is 2.29. The molecule has 0 radical (unpaired) electrons. The van der Waals surface area contributed by atoms with E-state index in [1.807, 2.05) is 31.2 Å². The van der Waals surface area contributed by atoms with Gasteiger partial charge in [-0.05, 0) is 49.6 Å². The molecular formula is C25H27N3O3. The van der Waals surface area contributed by atoms with Crippen molar-refractivity contribution in [2.24, 2.45) is 0 Å². The molecule has 1 aromatic carbocycles. The van der Waals surface area contributed by atoms with Crippen LogP contribution in [0.25, 0.3) is 11.1 Å². The average Bonchev–Trinajstić information content (AvgIpc) is 2.81. The highest BCUT2D eigenvalue weighted by molar-refractivity contribution is 5.95. The predicted octanol–water partition coefficient (Wildman–Crippen LogP) is 4.06. The summed E-state index contributed by atoms with van der Waals surface area (Å²) in [6.07, 6.45) is 10.2. The Morgan fingerprint density at radius 3 is 2.74 bits per heavy atom. The van der Waals surface area contributed by atoms with Gasteiger partial charge >= 0.3 is 0 Å². The van der Waals surface area contributed by atoms with Crippen molar-refractivity contribution in [3.63, 3.8) is 0 Å². The van der Waals surface area contributed by atoms with Gasteiger partial charge in [0, 0.05) is 47.0 Å². The smallest absolute Gasteiger partial charge is 0.251 e. The van der Waals surface area contributed by atoms with Crippen molar-refractivity contribution in [1.82, 2.24) is 15.3 Å². The number of hydrogen-bond donors (Lipinski definition) is 2. The summed E-state index contributed by atoms with van der Waals surface area (Å²) in [7, 11) is 0. The van der Waals surface area contributed by atoms with E-state index in [2.05, 4.69) is 15.3 Å². The Morgan fingerprint density at radius 1 is 1.10 bits per heavy atom. The molecule has 0 spiro atoms. The first-order chi connectivity index (χ1) is 15.1. The molecule has 3 aromatic rings. The summed E-state index contributed by atoms with van der Waals surface area (Å²) in [6, 6.07) is 11.2.